The van der Waals surface area contributed by atoms with Crippen molar-refractivity contribution >= 4 is 17.5 Å². The molecule has 2 aromatic carbocycles. The van der Waals surface area contributed by atoms with E-state index in [1.54, 1.807) is 56.7 Å². The maximum atomic E-state index is 12.5. The van der Waals surface area contributed by atoms with Crippen molar-refractivity contribution in [2.24, 2.45) is 0 Å². The summed E-state index contributed by atoms with van der Waals surface area (Å²) in [4.78, 5) is 24.9. The molecule has 0 radical (unpaired) electrons. The molecule has 5 heteroatoms. The van der Waals surface area contributed by atoms with Crippen LogP contribution in [-0.2, 0) is 0 Å². The van der Waals surface area contributed by atoms with Crippen LogP contribution in [0.4, 0.5) is 5.69 Å². The van der Waals surface area contributed by atoms with E-state index in [9.17, 15) is 9.59 Å². The molecule has 0 saturated heterocycles. The summed E-state index contributed by atoms with van der Waals surface area (Å²) < 4.78 is 10.5. The molecule has 0 unspecified atom stereocenters. The first-order valence-corrected chi connectivity index (χ1v) is 7.92. The number of anilines is 1. The number of carbonyl (C=O) groups excluding carboxylic acids is 1. The largest absolute Gasteiger partial charge is 0.497 e. The molecule has 0 bridgehead atoms. The van der Waals surface area contributed by atoms with Crippen molar-refractivity contribution in [2.45, 2.75) is 6.92 Å². The van der Waals surface area contributed by atoms with Crippen molar-refractivity contribution in [3.05, 3.63) is 69.9 Å². The van der Waals surface area contributed by atoms with E-state index in [0.717, 1.165) is 5.56 Å². The van der Waals surface area contributed by atoms with Gasteiger partial charge in [-0.3, -0.25) is 9.59 Å². The highest BCUT2D eigenvalue weighted by Crippen LogP contribution is 2.25. The van der Waals surface area contributed by atoms with Gasteiger partial charge in [0.05, 0.1) is 25.5 Å². The number of nitrogens with one attached hydrogen (secondary N) is 1. The van der Waals surface area contributed by atoms with Gasteiger partial charge in [0.1, 0.15) is 11.5 Å². The zero-order valence-electron chi connectivity index (χ0n) is 14.5. The standard InChI is InChI=1S/C20H21NO4/c1-4-21-17-8-6-5-7-16(20(17)23)18(22)12-10-14-9-11-15(24-2)13-19(14)25-3/h5-13H,4H2,1-3H3,(H,21,23)/b12-10+. The van der Waals surface area contributed by atoms with Crippen molar-refractivity contribution < 1.29 is 14.3 Å². The highest BCUT2D eigenvalue weighted by atomic mass is 16.5. The van der Waals surface area contributed by atoms with Crippen molar-refractivity contribution in [1.82, 2.24) is 0 Å². The lowest BCUT2D eigenvalue weighted by Crippen LogP contribution is -2.15. The fourth-order valence-corrected chi connectivity index (χ4v) is 2.34. The quantitative estimate of drug-likeness (QED) is 0.619. The summed E-state index contributed by atoms with van der Waals surface area (Å²) in [6, 6.07) is 11.9. The second kappa shape index (κ2) is 8.68. The maximum Gasteiger partial charge on any atom is 0.212 e. The zero-order valence-corrected chi connectivity index (χ0v) is 14.5. The zero-order chi connectivity index (χ0) is 18.2. The third kappa shape index (κ3) is 4.47. The van der Waals surface area contributed by atoms with E-state index < -0.39 is 0 Å². The van der Waals surface area contributed by atoms with Crippen LogP contribution in [0.15, 0.2) is 53.3 Å². The van der Waals surface area contributed by atoms with E-state index in [4.69, 9.17) is 9.47 Å². The summed E-state index contributed by atoms with van der Waals surface area (Å²) in [6.07, 6.45) is 3.00. The molecule has 25 heavy (non-hydrogen) atoms. The molecule has 5 nitrogen and oxygen atoms in total. The molecule has 0 aromatic heterocycles. The number of carbonyl (C=O) groups is 1. The number of methoxy groups -OCH3 is 2. The molecule has 0 saturated carbocycles. The van der Waals surface area contributed by atoms with Crippen LogP contribution in [0.3, 0.4) is 0 Å². The molecule has 2 aromatic rings. The van der Waals surface area contributed by atoms with Crippen LogP contribution in [0.2, 0.25) is 0 Å². The summed E-state index contributed by atoms with van der Waals surface area (Å²) in [5, 5.41) is 2.97. The molecule has 0 aliphatic heterocycles. The molecule has 0 fully saturated rings. The maximum absolute atomic E-state index is 12.5. The highest BCUT2D eigenvalue weighted by Gasteiger charge is 2.09. The first-order valence-electron chi connectivity index (χ1n) is 7.92. The van der Waals surface area contributed by atoms with E-state index in [2.05, 4.69) is 5.32 Å². The van der Waals surface area contributed by atoms with E-state index in [0.29, 0.717) is 23.7 Å². The Labute approximate surface area is 146 Å². The summed E-state index contributed by atoms with van der Waals surface area (Å²) in [7, 11) is 3.12. The van der Waals surface area contributed by atoms with E-state index >= 15 is 0 Å². The van der Waals surface area contributed by atoms with Crippen LogP contribution in [0.25, 0.3) is 6.08 Å². The van der Waals surface area contributed by atoms with Gasteiger partial charge in [0.2, 0.25) is 5.43 Å². The minimum absolute atomic E-state index is 0.115. The first-order chi connectivity index (χ1) is 12.1. The van der Waals surface area contributed by atoms with E-state index in [-0.39, 0.29) is 16.8 Å². The predicted molar refractivity (Wildman–Crippen MR) is 99.8 cm³/mol. The van der Waals surface area contributed by atoms with Gasteiger partial charge in [-0.25, -0.2) is 0 Å². The molecule has 0 spiro atoms. The predicted octanol–water partition coefficient (Wildman–Crippen LogP) is 3.39. The van der Waals surface area contributed by atoms with Crippen LogP contribution in [0, 0.1) is 0 Å². The van der Waals surface area contributed by atoms with Gasteiger partial charge in [-0.1, -0.05) is 12.1 Å². The average Bonchev–Trinajstić information content (AvgIpc) is 2.82. The Hall–Kier alpha value is -3.08. The number of ketones is 1. The van der Waals surface area contributed by atoms with Gasteiger partial charge < -0.3 is 14.8 Å². The topological polar surface area (TPSA) is 64.6 Å². The number of ether oxygens (including phenoxy) is 2. The fraction of sp³-hybridized carbons (Fsp3) is 0.200. The molecule has 0 amide bonds. The second-order valence-electron chi connectivity index (χ2n) is 5.21. The molecule has 0 heterocycles. The summed E-state index contributed by atoms with van der Waals surface area (Å²) in [5.74, 6) is 0.878. The van der Waals surface area contributed by atoms with E-state index in [1.165, 1.54) is 12.1 Å². The van der Waals surface area contributed by atoms with Gasteiger partial charge in [-0.05, 0) is 43.3 Å². The number of benzene rings is 1. The molecular weight excluding hydrogens is 318 g/mol. The van der Waals surface area contributed by atoms with Gasteiger partial charge in [-0.15, -0.1) is 0 Å². The van der Waals surface area contributed by atoms with E-state index in [1.807, 2.05) is 6.92 Å². The lowest BCUT2D eigenvalue weighted by molar-refractivity contribution is 0.104. The number of hydrogen-bond acceptors (Lipinski definition) is 5. The monoisotopic (exact) mass is 339 g/mol. The van der Waals surface area contributed by atoms with Crippen molar-refractivity contribution in [1.29, 1.82) is 0 Å². The minimum atomic E-state index is -0.363. The highest BCUT2D eigenvalue weighted by molar-refractivity contribution is 6.07. The Balaban J connectivity index is 2.35. The van der Waals surface area contributed by atoms with Gasteiger partial charge in [0.15, 0.2) is 5.78 Å². The molecule has 2 rings (SSSR count). The summed E-state index contributed by atoms with van der Waals surface area (Å²) >= 11 is 0. The van der Waals surface area contributed by atoms with Crippen LogP contribution in [-0.4, -0.2) is 26.5 Å². The van der Waals surface area contributed by atoms with Gasteiger partial charge in [0, 0.05) is 18.2 Å². The third-order valence-electron chi connectivity index (χ3n) is 3.61. The number of hydrogen-bond donors (Lipinski definition) is 1. The van der Waals surface area contributed by atoms with Gasteiger partial charge >= 0.3 is 0 Å². The smallest absolute Gasteiger partial charge is 0.212 e. The number of rotatable bonds is 7. The Morgan fingerprint density at radius 3 is 2.56 bits per heavy atom. The van der Waals surface area contributed by atoms with Crippen LogP contribution >= 0.6 is 0 Å². The van der Waals surface area contributed by atoms with Gasteiger partial charge in [-0.2, -0.15) is 0 Å². The van der Waals surface area contributed by atoms with Crippen LogP contribution < -0.4 is 20.2 Å². The Morgan fingerprint density at radius 1 is 1.12 bits per heavy atom. The third-order valence-corrected chi connectivity index (χ3v) is 3.61. The SMILES string of the molecule is CCNc1ccccc(C(=O)/C=C/c2ccc(OC)cc2OC)c1=O. The lowest BCUT2D eigenvalue weighted by atomic mass is 10.1. The molecular formula is C20H21NO4. The van der Waals surface area contributed by atoms with Crippen molar-refractivity contribution in [2.75, 3.05) is 26.1 Å². The molecule has 0 aliphatic carbocycles. The Bertz CT molecular complexity index is 843. The lowest BCUT2D eigenvalue weighted by Gasteiger charge is -2.07. The molecule has 0 atom stereocenters. The van der Waals surface area contributed by atoms with Crippen molar-refractivity contribution in [3.8, 4) is 11.5 Å². The summed E-state index contributed by atoms with van der Waals surface area (Å²) in [5.41, 5.74) is 0.926. The van der Waals surface area contributed by atoms with Crippen molar-refractivity contribution in [3.63, 3.8) is 0 Å². The summed E-state index contributed by atoms with van der Waals surface area (Å²) in [6.45, 7) is 2.50. The fourth-order valence-electron chi connectivity index (χ4n) is 2.34. The van der Waals surface area contributed by atoms with Crippen LogP contribution in [0.1, 0.15) is 22.8 Å². The Morgan fingerprint density at radius 2 is 1.88 bits per heavy atom. The minimum Gasteiger partial charge on any atom is -0.497 e. The normalized spacial score (nSPS) is 10.5. The second-order valence-corrected chi connectivity index (χ2v) is 5.21. The molecule has 1 N–H and O–H groups in total. The number of allylic oxidation sites excluding steroid dienone is 1. The van der Waals surface area contributed by atoms with Crippen LogP contribution in [0.5, 0.6) is 11.5 Å². The Kier molecular flexibility index (Phi) is 6.34. The molecule has 130 valence electrons. The first kappa shape index (κ1) is 18.3. The molecule has 0 aliphatic rings. The van der Waals surface area contributed by atoms with Gasteiger partial charge in [0.25, 0.3) is 0 Å². The average molecular weight is 339 g/mol.